The lowest BCUT2D eigenvalue weighted by Gasteiger charge is -2.05. The molecule has 0 amide bonds. The molecule has 2 rings (SSSR count). The Bertz CT molecular complexity index is 782. The third-order valence-electron chi connectivity index (χ3n) is 3.86. The number of hydrogen-bond donors (Lipinski definition) is 0. The predicted octanol–water partition coefficient (Wildman–Crippen LogP) is 6.89. The minimum atomic E-state index is 0.721. The Labute approximate surface area is 172 Å². The van der Waals surface area contributed by atoms with Crippen molar-refractivity contribution in [1.82, 2.24) is 0 Å². The van der Waals surface area contributed by atoms with Gasteiger partial charge in [-0.1, -0.05) is 61.7 Å². The summed E-state index contributed by atoms with van der Waals surface area (Å²) in [6, 6.07) is 16.4. The largest absolute Gasteiger partial charge is 0.230 e. The summed E-state index contributed by atoms with van der Waals surface area (Å²) in [5.74, 6) is 0. The van der Waals surface area contributed by atoms with E-state index in [-0.39, 0.29) is 0 Å². The molecule has 0 unspecified atom stereocenters. The Morgan fingerprint density at radius 1 is 0.880 bits per heavy atom. The van der Waals surface area contributed by atoms with Crippen LogP contribution in [0.25, 0.3) is 5.03 Å². The van der Waals surface area contributed by atoms with Crippen LogP contribution in [0.1, 0.15) is 25.0 Å². The van der Waals surface area contributed by atoms with E-state index in [4.69, 9.17) is 11.6 Å². The van der Waals surface area contributed by atoms with Gasteiger partial charge in [0.2, 0.25) is 5.71 Å². The summed E-state index contributed by atoms with van der Waals surface area (Å²) >= 11 is 13.4. The molecule has 25 heavy (non-hydrogen) atoms. The van der Waals surface area contributed by atoms with Gasteiger partial charge in [0.1, 0.15) is 13.1 Å². The van der Waals surface area contributed by atoms with Crippen LogP contribution in [-0.4, -0.2) is 23.4 Å². The zero-order valence-electron chi connectivity index (χ0n) is 14.3. The lowest BCUT2D eigenvalue weighted by atomic mass is 10.1. The van der Waals surface area contributed by atoms with Gasteiger partial charge in [-0.2, -0.15) is 0 Å². The number of allylic oxidation sites excluding steroid dienone is 3. The van der Waals surface area contributed by atoms with E-state index in [1.165, 1.54) is 11.3 Å². The molecule has 0 aromatic heterocycles. The van der Waals surface area contributed by atoms with E-state index in [0.29, 0.717) is 0 Å². The second-order valence-electron chi connectivity index (χ2n) is 5.45. The average molecular weight is 483 g/mol. The molecule has 0 aliphatic carbocycles. The first kappa shape index (κ1) is 20.2. The van der Waals surface area contributed by atoms with E-state index >= 15 is 0 Å². The van der Waals surface area contributed by atoms with Gasteiger partial charge in [-0.25, -0.2) is 4.58 Å². The molecule has 0 fully saturated rings. The Kier molecular flexibility index (Phi) is 8.14. The average Bonchev–Trinajstić information content (AvgIpc) is 2.62. The molecule has 2 aromatic rings. The molecular weight excluding hydrogens is 461 g/mol. The van der Waals surface area contributed by atoms with Crippen LogP contribution in [-0.2, 0) is 0 Å². The molecule has 0 saturated carbocycles. The highest BCUT2D eigenvalue weighted by atomic mass is 79.9. The fourth-order valence-electron chi connectivity index (χ4n) is 2.50. The molecule has 0 saturated heterocycles. The van der Waals surface area contributed by atoms with Crippen molar-refractivity contribution in [1.29, 1.82) is 0 Å². The number of halogens is 3. The summed E-state index contributed by atoms with van der Waals surface area (Å²) in [6.45, 7) is 6.24. The van der Waals surface area contributed by atoms with Gasteiger partial charge in [0.25, 0.3) is 0 Å². The van der Waals surface area contributed by atoms with Gasteiger partial charge in [0, 0.05) is 25.6 Å². The third kappa shape index (κ3) is 5.95. The summed E-state index contributed by atoms with van der Waals surface area (Å²) in [6.07, 6.45) is 6.07. The molecule has 2 aromatic carbocycles. The monoisotopic (exact) mass is 480 g/mol. The SMILES string of the molecule is CC[N+](CC)=C(/C=C/C=C(/Cl)c1ccc(Br)cc1)c1ccc(Br)cc1. The van der Waals surface area contributed by atoms with Gasteiger partial charge in [0.05, 0.1) is 0 Å². The van der Waals surface area contributed by atoms with Gasteiger partial charge >= 0.3 is 0 Å². The van der Waals surface area contributed by atoms with Crippen LogP contribution in [0.4, 0.5) is 0 Å². The Hall–Kier alpha value is -1.16. The van der Waals surface area contributed by atoms with Crippen molar-refractivity contribution in [3.63, 3.8) is 0 Å². The van der Waals surface area contributed by atoms with E-state index in [0.717, 1.165) is 32.6 Å². The van der Waals surface area contributed by atoms with E-state index in [1.54, 1.807) is 0 Å². The highest BCUT2D eigenvalue weighted by Crippen LogP contribution is 2.21. The van der Waals surface area contributed by atoms with Crippen molar-refractivity contribution in [2.24, 2.45) is 0 Å². The van der Waals surface area contributed by atoms with E-state index < -0.39 is 0 Å². The predicted molar refractivity (Wildman–Crippen MR) is 117 cm³/mol. The molecule has 0 heterocycles. The lowest BCUT2D eigenvalue weighted by Crippen LogP contribution is -2.20. The van der Waals surface area contributed by atoms with Crippen LogP contribution in [0.5, 0.6) is 0 Å². The summed E-state index contributed by atoms with van der Waals surface area (Å²) in [4.78, 5) is 0. The molecule has 0 bridgehead atoms. The maximum absolute atomic E-state index is 6.42. The number of benzene rings is 2. The minimum Gasteiger partial charge on any atom is -0.230 e. The van der Waals surface area contributed by atoms with Gasteiger partial charge in [-0.05, 0) is 61.9 Å². The van der Waals surface area contributed by atoms with Crippen molar-refractivity contribution < 1.29 is 4.58 Å². The summed E-state index contributed by atoms with van der Waals surface area (Å²) in [7, 11) is 0. The molecule has 0 spiro atoms. The van der Waals surface area contributed by atoms with E-state index in [1.807, 2.05) is 36.4 Å². The summed E-state index contributed by atoms with van der Waals surface area (Å²) in [5.41, 5.74) is 3.38. The van der Waals surface area contributed by atoms with Crippen molar-refractivity contribution in [2.45, 2.75) is 13.8 Å². The van der Waals surface area contributed by atoms with Crippen molar-refractivity contribution >= 4 is 54.2 Å². The lowest BCUT2D eigenvalue weighted by molar-refractivity contribution is -0.519. The zero-order chi connectivity index (χ0) is 18.2. The standard InChI is InChI=1S/C21H21Br2ClN/c1-3-25(4-2)21(17-10-14-19(23)15-11-17)7-5-6-20(24)16-8-12-18(22)13-9-16/h5-15H,3-4H2,1-2H3/q+1/b7-5+,20-6+. The van der Waals surface area contributed by atoms with Gasteiger partial charge in [-0.3, -0.25) is 0 Å². The second kappa shape index (κ2) is 10.1. The molecule has 130 valence electrons. The quantitative estimate of drug-likeness (QED) is 0.240. The second-order valence-corrected chi connectivity index (χ2v) is 7.68. The molecule has 0 atom stereocenters. The summed E-state index contributed by atoms with van der Waals surface area (Å²) in [5, 5.41) is 0.721. The fourth-order valence-corrected chi connectivity index (χ4v) is 3.23. The van der Waals surface area contributed by atoms with Crippen LogP contribution in [0.3, 0.4) is 0 Å². The molecule has 0 aliphatic rings. The van der Waals surface area contributed by atoms with Crippen LogP contribution in [0, 0.1) is 0 Å². The summed E-state index contributed by atoms with van der Waals surface area (Å²) < 4.78 is 4.46. The van der Waals surface area contributed by atoms with Gasteiger partial charge in [0.15, 0.2) is 0 Å². The number of nitrogens with zero attached hydrogens (tertiary/aromatic N) is 1. The number of hydrogen-bond acceptors (Lipinski definition) is 0. The highest BCUT2D eigenvalue weighted by molar-refractivity contribution is 9.10. The van der Waals surface area contributed by atoms with Crippen LogP contribution < -0.4 is 0 Å². The molecule has 4 heteroatoms. The molecule has 0 radical (unpaired) electrons. The zero-order valence-corrected chi connectivity index (χ0v) is 18.3. The van der Waals surface area contributed by atoms with Crippen molar-refractivity contribution in [2.75, 3.05) is 13.1 Å². The Morgan fingerprint density at radius 2 is 1.36 bits per heavy atom. The topological polar surface area (TPSA) is 3.01 Å². The highest BCUT2D eigenvalue weighted by Gasteiger charge is 2.11. The molecule has 0 N–H and O–H groups in total. The van der Waals surface area contributed by atoms with Gasteiger partial charge < -0.3 is 0 Å². The van der Waals surface area contributed by atoms with E-state index in [9.17, 15) is 0 Å². The Balaban J connectivity index is 2.31. The van der Waals surface area contributed by atoms with Crippen molar-refractivity contribution in [3.05, 3.63) is 86.8 Å². The minimum absolute atomic E-state index is 0.721. The fraction of sp³-hybridized carbons (Fsp3) is 0.190. The maximum Gasteiger partial charge on any atom is 0.207 e. The van der Waals surface area contributed by atoms with Crippen LogP contribution >= 0.6 is 43.5 Å². The normalized spacial score (nSPS) is 11.8. The smallest absolute Gasteiger partial charge is 0.207 e. The van der Waals surface area contributed by atoms with Crippen LogP contribution in [0.2, 0.25) is 0 Å². The first-order valence-electron chi connectivity index (χ1n) is 8.22. The molecule has 1 nitrogen and oxygen atoms in total. The molecular formula is C21H21Br2ClN+. The first-order chi connectivity index (χ1) is 12.0. The first-order valence-corrected chi connectivity index (χ1v) is 10.2. The maximum atomic E-state index is 6.42. The molecule has 0 aliphatic heterocycles. The number of rotatable bonds is 6. The van der Waals surface area contributed by atoms with Crippen LogP contribution in [0.15, 0.2) is 75.7 Å². The van der Waals surface area contributed by atoms with E-state index in [2.05, 4.69) is 80.6 Å². The third-order valence-corrected chi connectivity index (χ3v) is 5.26. The van der Waals surface area contributed by atoms with Crippen molar-refractivity contribution in [3.8, 4) is 0 Å². The van der Waals surface area contributed by atoms with Gasteiger partial charge in [-0.15, -0.1) is 0 Å². The Morgan fingerprint density at radius 3 is 1.84 bits per heavy atom.